The van der Waals surface area contributed by atoms with Gasteiger partial charge in [0.05, 0.1) is 11.4 Å². The maximum absolute atomic E-state index is 12.1. The highest BCUT2D eigenvalue weighted by atomic mass is 35.5. The second-order valence-electron chi connectivity index (χ2n) is 3.63. The first-order chi connectivity index (χ1) is 8.86. The number of hydrogen-bond acceptors (Lipinski definition) is 5. The van der Waals surface area contributed by atoms with E-state index in [0.29, 0.717) is 10.7 Å². The highest BCUT2D eigenvalue weighted by Crippen LogP contribution is 2.23. The third-order valence-electron chi connectivity index (χ3n) is 2.17. The van der Waals surface area contributed by atoms with E-state index < -0.39 is 18.7 Å². The molecule has 1 unspecified atom stereocenters. The topological polar surface area (TPSA) is 72.0 Å². The van der Waals surface area contributed by atoms with Crippen LogP contribution in [0.4, 0.5) is 13.2 Å². The Hall–Kier alpha value is -1.67. The Bertz CT molecular complexity index is 556. The Morgan fingerprint density at radius 1 is 1.37 bits per heavy atom. The largest absolute Gasteiger partial charge is 0.414 e. The predicted molar refractivity (Wildman–Crippen MR) is 58.3 cm³/mol. The number of hydrogen-bond donors (Lipinski definition) is 1. The summed E-state index contributed by atoms with van der Waals surface area (Å²) in [5, 5.41) is 12.8. The fourth-order valence-electron chi connectivity index (χ4n) is 1.23. The van der Waals surface area contributed by atoms with Crippen LogP contribution in [-0.4, -0.2) is 32.5 Å². The summed E-state index contributed by atoms with van der Waals surface area (Å²) in [5.74, 6) is -0.294. The van der Waals surface area contributed by atoms with E-state index in [1.54, 1.807) is 0 Å². The van der Waals surface area contributed by atoms with Crippen molar-refractivity contribution in [2.24, 2.45) is 0 Å². The monoisotopic (exact) mass is 293 g/mol. The second kappa shape index (κ2) is 5.14. The van der Waals surface area contributed by atoms with E-state index in [1.165, 1.54) is 18.3 Å². The van der Waals surface area contributed by atoms with Crippen LogP contribution in [0.2, 0.25) is 5.02 Å². The minimum Gasteiger partial charge on any atom is -0.383 e. The molecule has 1 atom stereocenters. The minimum atomic E-state index is -4.73. The van der Waals surface area contributed by atoms with Crippen LogP contribution in [0.5, 0.6) is 0 Å². The number of nitrogens with zero attached hydrogens (tertiary/aromatic N) is 3. The summed E-state index contributed by atoms with van der Waals surface area (Å²) in [6.45, 7) is 0. The number of aliphatic hydroxyl groups excluding tert-OH is 1. The highest BCUT2D eigenvalue weighted by molar-refractivity contribution is 6.30. The first-order valence-corrected chi connectivity index (χ1v) is 5.43. The Morgan fingerprint density at radius 3 is 2.68 bits per heavy atom. The Balaban J connectivity index is 2.13. The van der Waals surface area contributed by atoms with Gasteiger partial charge < -0.3 is 9.63 Å². The molecule has 0 aromatic carbocycles. The quantitative estimate of drug-likeness (QED) is 0.939. The molecule has 2 aromatic rings. The average molecular weight is 294 g/mol. The van der Waals surface area contributed by atoms with Crippen LogP contribution in [0, 0.1) is 0 Å². The summed E-state index contributed by atoms with van der Waals surface area (Å²) in [5.41, 5.74) is 0.306. The minimum absolute atomic E-state index is 0.0287. The van der Waals surface area contributed by atoms with Gasteiger partial charge in [0.25, 0.3) is 0 Å². The van der Waals surface area contributed by atoms with Gasteiger partial charge in [-0.05, 0) is 12.1 Å². The van der Waals surface area contributed by atoms with Gasteiger partial charge in [-0.15, -0.1) is 0 Å². The normalized spacial score (nSPS) is 13.5. The molecule has 0 amide bonds. The summed E-state index contributed by atoms with van der Waals surface area (Å²) < 4.78 is 41.0. The van der Waals surface area contributed by atoms with E-state index in [0.717, 1.165) is 0 Å². The molecule has 2 rings (SSSR count). The highest BCUT2D eigenvalue weighted by Gasteiger charge is 2.39. The Kier molecular flexibility index (Phi) is 3.72. The number of alkyl halides is 3. The van der Waals surface area contributed by atoms with E-state index in [1.807, 2.05) is 0 Å². The van der Waals surface area contributed by atoms with Gasteiger partial charge in [0.2, 0.25) is 11.7 Å². The molecule has 0 aliphatic rings. The lowest BCUT2D eigenvalue weighted by molar-refractivity contribution is -0.204. The molecular weight excluding hydrogens is 287 g/mol. The lowest BCUT2D eigenvalue weighted by Crippen LogP contribution is -2.30. The smallest absolute Gasteiger partial charge is 0.383 e. The number of pyridine rings is 1. The van der Waals surface area contributed by atoms with Crippen molar-refractivity contribution in [1.82, 2.24) is 15.1 Å². The van der Waals surface area contributed by atoms with E-state index in [4.69, 9.17) is 16.7 Å². The Morgan fingerprint density at radius 2 is 2.11 bits per heavy atom. The number of rotatable bonds is 3. The first kappa shape index (κ1) is 13.8. The number of aliphatic hydroxyl groups is 1. The van der Waals surface area contributed by atoms with Crippen LogP contribution >= 0.6 is 11.6 Å². The fraction of sp³-hybridized carbons (Fsp3) is 0.300. The fourth-order valence-corrected chi connectivity index (χ4v) is 1.34. The molecular formula is C10H7ClF3N3O2. The van der Waals surface area contributed by atoms with Crippen LogP contribution in [0.1, 0.15) is 5.89 Å². The zero-order valence-corrected chi connectivity index (χ0v) is 9.98. The third-order valence-corrected chi connectivity index (χ3v) is 2.39. The maximum Gasteiger partial charge on any atom is 0.414 e. The van der Waals surface area contributed by atoms with Gasteiger partial charge >= 0.3 is 6.18 Å². The maximum atomic E-state index is 12.1. The average Bonchev–Trinajstić information content (AvgIpc) is 2.77. The number of halogens is 4. The molecule has 9 heteroatoms. The van der Waals surface area contributed by atoms with Crippen LogP contribution in [0.3, 0.4) is 0 Å². The van der Waals surface area contributed by atoms with Gasteiger partial charge in [0, 0.05) is 6.20 Å². The summed E-state index contributed by atoms with van der Waals surface area (Å²) in [6, 6.07) is 3.03. The molecule has 2 aromatic heterocycles. The van der Waals surface area contributed by atoms with Crippen molar-refractivity contribution in [3.63, 3.8) is 0 Å². The second-order valence-corrected chi connectivity index (χ2v) is 4.07. The first-order valence-electron chi connectivity index (χ1n) is 5.05. The zero-order valence-electron chi connectivity index (χ0n) is 9.23. The predicted octanol–water partition coefficient (Wildman–Crippen LogP) is 2.25. The Labute approximate surface area is 110 Å². The van der Waals surface area contributed by atoms with Gasteiger partial charge in [-0.3, -0.25) is 4.98 Å². The van der Waals surface area contributed by atoms with Crippen molar-refractivity contribution < 1.29 is 22.8 Å². The molecule has 2 heterocycles. The molecule has 5 nitrogen and oxygen atoms in total. The van der Waals surface area contributed by atoms with E-state index in [-0.39, 0.29) is 11.7 Å². The van der Waals surface area contributed by atoms with Crippen molar-refractivity contribution in [1.29, 1.82) is 0 Å². The zero-order chi connectivity index (χ0) is 14.0. The van der Waals surface area contributed by atoms with Crippen molar-refractivity contribution in [2.75, 3.05) is 0 Å². The third kappa shape index (κ3) is 3.42. The lowest BCUT2D eigenvalue weighted by atomic mass is 10.2. The lowest BCUT2D eigenvalue weighted by Gasteiger charge is -2.11. The van der Waals surface area contributed by atoms with Gasteiger partial charge in [-0.2, -0.15) is 18.2 Å². The van der Waals surface area contributed by atoms with Crippen molar-refractivity contribution >= 4 is 11.6 Å². The summed E-state index contributed by atoms with van der Waals surface area (Å²) in [7, 11) is 0. The van der Waals surface area contributed by atoms with Crippen molar-refractivity contribution in [3.05, 3.63) is 29.2 Å². The van der Waals surface area contributed by atoms with Gasteiger partial charge in [0.15, 0.2) is 6.10 Å². The summed E-state index contributed by atoms with van der Waals surface area (Å²) in [4.78, 5) is 7.61. The number of aromatic nitrogens is 3. The summed E-state index contributed by atoms with van der Waals surface area (Å²) >= 11 is 5.64. The van der Waals surface area contributed by atoms with Crippen molar-refractivity contribution in [2.45, 2.75) is 18.7 Å². The molecule has 0 saturated carbocycles. The molecule has 19 heavy (non-hydrogen) atoms. The molecule has 102 valence electrons. The molecule has 0 radical (unpaired) electrons. The van der Waals surface area contributed by atoms with E-state index in [9.17, 15) is 13.2 Å². The van der Waals surface area contributed by atoms with Crippen LogP contribution in [0.15, 0.2) is 22.9 Å². The molecule has 0 spiro atoms. The standard InChI is InChI=1S/C10H7ClF3N3O2/c11-5-1-2-6(15-4-5)9-16-8(19-17-9)3-7(18)10(12,13)14/h1-2,4,7,18H,3H2. The SMILES string of the molecule is OC(Cc1nc(-c2ccc(Cl)cn2)no1)C(F)(F)F. The molecule has 0 aliphatic heterocycles. The van der Waals surface area contributed by atoms with Gasteiger partial charge in [-0.1, -0.05) is 16.8 Å². The molecule has 0 fully saturated rings. The van der Waals surface area contributed by atoms with Crippen LogP contribution in [0.25, 0.3) is 11.5 Å². The van der Waals surface area contributed by atoms with Gasteiger partial charge in [0.1, 0.15) is 5.69 Å². The van der Waals surface area contributed by atoms with E-state index in [2.05, 4.69) is 19.6 Å². The molecule has 0 bridgehead atoms. The molecule has 0 aliphatic carbocycles. The molecule has 0 saturated heterocycles. The van der Waals surface area contributed by atoms with Crippen molar-refractivity contribution in [3.8, 4) is 11.5 Å². The van der Waals surface area contributed by atoms with Gasteiger partial charge in [-0.25, -0.2) is 0 Å². The van der Waals surface area contributed by atoms with Crippen LogP contribution in [-0.2, 0) is 6.42 Å². The van der Waals surface area contributed by atoms with E-state index >= 15 is 0 Å². The molecule has 1 N–H and O–H groups in total. The van der Waals surface area contributed by atoms with Crippen LogP contribution < -0.4 is 0 Å². The summed E-state index contributed by atoms with van der Waals surface area (Å²) in [6.07, 6.45) is -6.73.